The minimum Gasteiger partial charge on any atom is -0.497 e. The molecule has 0 aliphatic carbocycles. The van der Waals surface area contributed by atoms with Crippen LogP contribution in [0.5, 0.6) is 17.2 Å². The van der Waals surface area contributed by atoms with Crippen LogP contribution >= 0.6 is 35.1 Å². The second-order valence-corrected chi connectivity index (χ2v) is 18.3. The van der Waals surface area contributed by atoms with E-state index >= 15 is 0 Å². The molecule has 65 heavy (non-hydrogen) atoms. The minimum atomic E-state index is -1.08. The van der Waals surface area contributed by atoms with Gasteiger partial charge < -0.3 is 34.5 Å². The molecule has 1 aliphatic rings. The normalized spacial score (nSPS) is 16.4. The van der Waals surface area contributed by atoms with Crippen LogP contribution in [0.25, 0.3) is 33.0 Å². The smallest absolute Gasteiger partial charge is 0.172 e. The van der Waals surface area contributed by atoms with Crippen molar-refractivity contribution in [2.45, 2.75) is 59.8 Å². The van der Waals surface area contributed by atoms with Gasteiger partial charge in [0.15, 0.2) is 22.1 Å². The summed E-state index contributed by atoms with van der Waals surface area (Å²) in [6.07, 6.45) is 2.63. The van der Waals surface area contributed by atoms with Crippen molar-refractivity contribution in [3.63, 3.8) is 0 Å². The molecule has 0 amide bonds. The van der Waals surface area contributed by atoms with Crippen molar-refractivity contribution in [3.8, 4) is 17.2 Å². The van der Waals surface area contributed by atoms with E-state index in [2.05, 4.69) is 22.1 Å². The number of anilines is 1. The Morgan fingerprint density at radius 3 is 2.03 bits per heavy atom. The van der Waals surface area contributed by atoms with Crippen LogP contribution in [-0.4, -0.2) is 81.3 Å². The number of nitrogens with two attached hydrogens (primary N) is 1. The molecule has 0 bridgehead atoms. The molecule has 12 nitrogen and oxygen atoms in total. The van der Waals surface area contributed by atoms with E-state index in [-0.39, 0.29) is 12.4 Å². The van der Waals surface area contributed by atoms with Gasteiger partial charge >= 0.3 is 0 Å². The Balaban J connectivity index is 0.904. The van der Waals surface area contributed by atoms with Crippen molar-refractivity contribution >= 4 is 73.9 Å². The van der Waals surface area contributed by atoms with Crippen LogP contribution in [0.3, 0.4) is 0 Å². The van der Waals surface area contributed by atoms with Gasteiger partial charge in [0.05, 0.1) is 45.1 Å². The summed E-state index contributed by atoms with van der Waals surface area (Å²) in [5.41, 5.74) is 10.8. The lowest BCUT2D eigenvalue weighted by Crippen LogP contribution is -2.38. The molecular weight excluding hydrogens is 880 g/mol. The number of aliphatic hydroxyl groups is 1. The standard InChI is InChI=1S/C50H49ClN6O6S2/c1-59-35-17-12-32(13-18-35)50(31-10-6-4-7-11-31,33-14-19-36(60-2)20-15-33)62-29-43-42(58)28-44(63-43)57-48-45(47(52)53-30-54-48)56-49(57)65-25-9-5-8-24-64-46-38-22-16-34(51)26-40(38)55-41-27-37(61-3)21-23-39(41)46/h4,6-7,10-23,26-27,30,42-44,58H,5,8-9,24-25,28-29H2,1-3H3,(H2,52,53,54)/t42-,43+,44?/m0/s1. The van der Waals surface area contributed by atoms with Gasteiger partial charge in [-0.3, -0.25) is 4.57 Å². The molecule has 0 saturated carbocycles. The van der Waals surface area contributed by atoms with Gasteiger partial charge in [0, 0.05) is 38.9 Å². The summed E-state index contributed by atoms with van der Waals surface area (Å²) in [4.78, 5) is 19.8. The SMILES string of the molecule is COc1ccc(C(OC[C@H]2OC(n3c(SCCCCCSc4c5ccc(Cl)cc5nc5cc(OC)ccc45)nc4c(N)ncnc43)C[C@@H]2O)(c2ccccc2)c2ccc(OC)cc2)cc1. The third-order valence-electron chi connectivity index (χ3n) is 11.8. The van der Waals surface area contributed by atoms with Crippen molar-refractivity contribution in [1.29, 1.82) is 0 Å². The Kier molecular flexibility index (Phi) is 13.6. The molecule has 334 valence electrons. The monoisotopic (exact) mass is 928 g/mol. The Morgan fingerprint density at radius 1 is 0.738 bits per heavy atom. The first kappa shape index (κ1) is 44.6. The van der Waals surface area contributed by atoms with Crippen molar-refractivity contribution in [3.05, 3.63) is 143 Å². The van der Waals surface area contributed by atoms with Gasteiger partial charge in [-0.25, -0.2) is 19.9 Å². The van der Waals surface area contributed by atoms with Crippen LogP contribution in [-0.2, 0) is 15.1 Å². The number of nitrogen functional groups attached to an aromatic ring is 1. The number of aromatic nitrogens is 5. The Hall–Kier alpha value is -5.61. The van der Waals surface area contributed by atoms with E-state index in [1.54, 1.807) is 33.1 Å². The summed E-state index contributed by atoms with van der Waals surface area (Å²) < 4.78 is 32.4. The van der Waals surface area contributed by atoms with Crippen LogP contribution in [0.2, 0.25) is 5.02 Å². The maximum Gasteiger partial charge on any atom is 0.172 e. The number of ether oxygens (including phenoxy) is 5. The first-order valence-corrected chi connectivity index (χ1v) is 23.8. The van der Waals surface area contributed by atoms with Crippen LogP contribution < -0.4 is 19.9 Å². The Bertz CT molecular complexity index is 2860. The number of thioether (sulfide) groups is 2. The maximum atomic E-state index is 11.7. The van der Waals surface area contributed by atoms with Gasteiger partial charge in [-0.2, -0.15) is 0 Å². The van der Waals surface area contributed by atoms with Gasteiger partial charge in [0.25, 0.3) is 0 Å². The quantitative estimate of drug-likeness (QED) is 0.0364. The van der Waals surface area contributed by atoms with E-state index in [9.17, 15) is 5.11 Å². The lowest BCUT2D eigenvalue weighted by atomic mass is 9.80. The van der Waals surface area contributed by atoms with Crippen LogP contribution in [0, 0.1) is 0 Å². The van der Waals surface area contributed by atoms with E-state index in [0.29, 0.717) is 27.8 Å². The second-order valence-electron chi connectivity index (χ2n) is 15.7. The average Bonchev–Trinajstić information content (AvgIpc) is 3.91. The van der Waals surface area contributed by atoms with Crippen molar-refractivity contribution < 1.29 is 28.8 Å². The van der Waals surface area contributed by atoms with E-state index in [1.807, 2.05) is 119 Å². The van der Waals surface area contributed by atoms with Crippen LogP contribution in [0.15, 0.2) is 132 Å². The second kappa shape index (κ2) is 19.9. The number of hydrogen-bond donors (Lipinski definition) is 2. The van der Waals surface area contributed by atoms with Crippen LogP contribution in [0.4, 0.5) is 5.82 Å². The highest BCUT2D eigenvalue weighted by Gasteiger charge is 2.43. The fraction of sp³-hybridized carbons (Fsp3) is 0.280. The summed E-state index contributed by atoms with van der Waals surface area (Å²) in [5, 5.41) is 15.3. The van der Waals surface area contributed by atoms with Crippen molar-refractivity contribution in [1.82, 2.24) is 24.5 Å². The summed E-state index contributed by atoms with van der Waals surface area (Å²) in [6, 6.07) is 37.7. The first-order chi connectivity index (χ1) is 31.8. The largest absolute Gasteiger partial charge is 0.497 e. The van der Waals surface area contributed by atoms with E-state index in [4.69, 9.17) is 51.0 Å². The van der Waals surface area contributed by atoms with Crippen molar-refractivity contribution in [2.75, 3.05) is 45.2 Å². The molecule has 1 unspecified atom stereocenters. The van der Waals surface area contributed by atoms with Gasteiger partial charge in [-0.05, 0) is 83.8 Å². The molecule has 3 atom stereocenters. The topological polar surface area (TPSA) is 149 Å². The molecule has 3 aromatic heterocycles. The molecule has 4 heterocycles. The molecule has 8 aromatic rings. The summed E-state index contributed by atoms with van der Waals surface area (Å²) >= 11 is 9.84. The van der Waals surface area contributed by atoms with Gasteiger partial charge in [-0.1, -0.05) is 90.4 Å². The fourth-order valence-electron chi connectivity index (χ4n) is 8.43. The number of aliphatic hydroxyl groups excluding tert-OH is 1. The zero-order chi connectivity index (χ0) is 44.9. The Labute approximate surface area is 390 Å². The Morgan fingerprint density at radius 2 is 1.35 bits per heavy atom. The molecule has 1 aliphatic heterocycles. The zero-order valence-corrected chi connectivity index (χ0v) is 38.6. The summed E-state index contributed by atoms with van der Waals surface area (Å²) in [7, 11) is 4.96. The first-order valence-electron chi connectivity index (χ1n) is 21.4. The zero-order valence-electron chi connectivity index (χ0n) is 36.2. The summed E-state index contributed by atoms with van der Waals surface area (Å²) in [5.74, 6) is 4.26. The van der Waals surface area contributed by atoms with Crippen LogP contribution in [0.1, 0.15) is 48.6 Å². The van der Waals surface area contributed by atoms with Crippen molar-refractivity contribution in [2.24, 2.45) is 0 Å². The molecular formula is C50H49ClN6O6S2. The third-order valence-corrected chi connectivity index (χ3v) is 14.3. The highest BCUT2D eigenvalue weighted by Crippen LogP contribution is 2.44. The molecule has 1 saturated heterocycles. The minimum absolute atomic E-state index is 0.0713. The number of imidazole rings is 1. The number of rotatable bonds is 18. The number of benzene rings is 5. The highest BCUT2D eigenvalue weighted by atomic mass is 35.5. The molecule has 0 spiro atoms. The summed E-state index contributed by atoms with van der Waals surface area (Å²) in [6.45, 7) is 0.0713. The van der Waals surface area contributed by atoms with E-state index in [1.165, 1.54) is 11.2 Å². The lowest BCUT2D eigenvalue weighted by Gasteiger charge is -2.37. The van der Waals surface area contributed by atoms with Gasteiger partial charge in [-0.15, -0.1) is 11.8 Å². The number of halogens is 1. The molecule has 0 radical (unpaired) electrons. The predicted molar refractivity (Wildman–Crippen MR) is 259 cm³/mol. The lowest BCUT2D eigenvalue weighted by molar-refractivity contribution is -0.0943. The number of pyridine rings is 1. The molecule has 3 N–H and O–H groups in total. The molecule has 1 fully saturated rings. The molecule has 9 rings (SSSR count). The molecule has 15 heteroatoms. The number of nitrogens with zero attached hydrogens (tertiary/aromatic N) is 5. The van der Waals surface area contributed by atoms with E-state index < -0.39 is 24.0 Å². The number of methoxy groups -OCH3 is 3. The molecule has 5 aromatic carbocycles. The van der Waals surface area contributed by atoms with Gasteiger partial charge in [0.2, 0.25) is 0 Å². The van der Waals surface area contributed by atoms with Gasteiger partial charge in [0.1, 0.15) is 41.5 Å². The van der Waals surface area contributed by atoms with E-state index in [0.717, 1.165) is 86.5 Å². The third kappa shape index (κ3) is 9.16. The predicted octanol–water partition coefficient (Wildman–Crippen LogP) is 10.5. The maximum absolute atomic E-state index is 11.7. The average molecular weight is 930 g/mol. The number of fused-ring (bicyclic) bond motifs is 3. The highest BCUT2D eigenvalue weighted by molar-refractivity contribution is 7.99. The number of unbranched alkanes of at least 4 members (excludes halogenated alkanes) is 2. The fourth-order valence-corrected chi connectivity index (χ4v) is 10.8. The number of hydrogen-bond acceptors (Lipinski definition) is 13.